The van der Waals surface area contributed by atoms with Gasteiger partial charge in [-0.25, -0.2) is 8.78 Å². The van der Waals surface area contributed by atoms with Crippen molar-refractivity contribution in [2.24, 2.45) is 0 Å². The number of piperidine rings is 1. The van der Waals surface area contributed by atoms with Gasteiger partial charge in [0.25, 0.3) is 0 Å². The van der Waals surface area contributed by atoms with Gasteiger partial charge in [-0.1, -0.05) is 17.7 Å². The standard InChI is InChI=1S/C23H30ClF2N3O3/c24-18-15-17(3-5-19(18)25)4-6-22(31)29-12-8-23(32)28(13-14-29)10-2-1-9-27-11-7-21(30)20(26)16-27/h3-6,15,20-21,30H,1-2,7-14,16H2/t20-,21+/m0/s1. The number of nitrogens with zero attached hydrogens (tertiary/aromatic N) is 3. The van der Waals surface area contributed by atoms with Gasteiger partial charge in [-0.3, -0.25) is 9.59 Å². The van der Waals surface area contributed by atoms with Gasteiger partial charge >= 0.3 is 0 Å². The van der Waals surface area contributed by atoms with Gasteiger partial charge in [-0.2, -0.15) is 0 Å². The molecule has 1 aromatic rings. The third kappa shape index (κ3) is 6.98. The maximum absolute atomic E-state index is 13.6. The number of hydrogen-bond donors (Lipinski definition) is 1. The number of likely N-dealkylation sites (tertiary alicyclic amines) is 1. The van der Waals surface area contributed by atoms with Crippen molar-refractivity contribution in [2.75, 3.05) is 45.8 Å². The molecular weight excluding hydrogens is 440 g/mol. The molecule has 2 saturated heterocycles. The Bertz CT molecular complexity index is 839. The molecule has 0 radical (unpaired) electrons. The summed E-state index contributed by atoms with van der Waals surface area (Å²) in [7, 11) is 0. The summed E-state index contributed by atoms with van der Waals surface area (Å²) in [5, 5.41) is 9.47. The van der Waals surface area contributed by atoms with E-state index in [4.69, 9.17) is 11.6 Å². The number of halogens is 3. The lowest BCUT2D eigenvalue weighted by Crippen LogP contribution is -2.44. The van der Waals surface area contributed by atoms with Gasteiger partial charge < -0.3 is 19.8 Å². The van der Waals surface area contributed by atoms with Gasteiger partial charge in [-0.15, -0.1) is 0 Å². The van der Waals surface area contributed by atoms with Crippen molar-refractivity contribution in [3.8, 4) is 0 Å². The Morgan fingerprint density at radius 2 is 1.97 bits per heavy atom. The molecule has 1 N–H and O–H groups in total. The molecule has 2 aliphatic heterocycles. The SMILES string of the molecule is O=C(C=Cc1ccc(F)c(Cl)c1)N1CCC(=O)N(CCCCN2CC[C@@H](O)[C@@H](F)C2)CC1. The molecule has 3 rings (SSSR count). The van der Waals surface area contributed by atoms with Crippen LogP contribution in [0.25, 0.3) is 6.08 Å². The van der Waals surface area contributed by atoms with E-state index in [-0.39, 0.29) is 29.8 Å². The first-order chi connectivity index (χ1) is 15.3. The summed E-state index contributed by atoms with van der Waals surface area (Å²) in [4.78, 5) is 30.4. The summed E-state index contributed by atoms with van der Waals surface area (Å²) in [6.45, 7) is 3.60. The Morgan fingerprint density at radius 1 is 1.19 bits per heavy atom. The molecule has 0 spiro atoms. The number of carbonyl (C=O) groups is 2. The second-order valence-electron chi connectivity index (χ2n) is 8.34. The van der Waals surface area contributed by atoms with E-state index in [1.807, 2.05) is 4.90 Å². The van der Waals surface area contributed by atoms with Crippen molar-refractivity contribution in [2.45, 2.75) is 38.0 Å². The first-order valence-corrected chi connectivity index (χ1v) is 11.5. The lowest BCUT2D eigenvalue weighted by atomic mass is 10.1. The van der Waals surface area contributed by atoms with Crippen LogP contribution in [0.2, 0.25) is 5.02 Å². The third-order valence-corrected chi connectivity index (χ3v) is 6.30. The summed E-state index contributed by atoms with van der Waals surface area (Å²) in [5.41, 5.74) is 0.625. The van der Waals surface area contributed by atoms with Crippen molar-refractivity contribution in [3.05, 3.63) is 40.7 Å². The summed E-state index contributed by atoms with van der Waals surface area (Å²) in [6.07, 6.45) is 3.34. The highest BCUT2D eigenvalue weighted by Crippen LogP contribution is 2.17. The Morgan fingerprint density at radius 3 is 2.72 bits per heavy atom. The van der Waals surface area contributed by atoms with Crippen molar-refractivity contribution in [3.63, 3.8) is 0 Å². The molecule has 0 unspecified atom stereocenters. The van der Waals surface area contributed by atoms with E-state index in [0.717, 1.165) is 19.4 Å². The van der Waals surface area contributed by atoms with Gasteiger partial charge in [0.1, 0.15) is 12.0 Å². The van der Waals surface area contributed by atoms with Crippen LogP contribution in [0.1, 0.15) is 31.2 Å². The minimum absolute atomic E-state index is 0.00185. The number of carbonyl (C=O) groups excluding carboxylic acids is 2. The zero-order chi connectivity index (χ0) is 23.1. The third-order valence-electron chi connectivity index (χ3n) is 6.01. The van der Waals surface area contributed by atoms with E-state index in [1.54, 1.807) is 21.9 Å². The summed E-state index contributed by atoms with van der Waals surface area (Å²) in [6, 6.07) is 4.24. The van der Waals surface area contributed by atoms with E-state index < -0.39 is 18.1 Å². The van der Waals surface area contributed by atoms with E-state index in [9.17, 15) is 23.5 Å². The molecule has 2 aliphatic rings. The highest BCUT2D eigenvalue weighted by atomic mass is 35.5. The van der Waals surface area contributed by atoms with Crippen LogP contribution in [0.15, 0.2) is 24.3 Å². The molecule has 6 nitrogen and oxygen atoms in total. The number of rotatable bonds is 7. The first-order valence-electron chi connectivity index (χ1n) is 11.1. The zero-order valence-corrected chi connectivity index (χ0v) is 18.8. The van der Waals surface area contributed by atoms with Gasteiger partial charge in [0.15, 0.2) is 0 Å². The molecule has 2 atom stereocenters. The highest BCUT2D eigenvalue weighted by Gasteiger charge is 2.27. The van der Waals surface area contributed by atoms with Crippen molar-refractivity contribution in [1.82, 2.24) is 14.7 Å². The predicted molar refractivity (Wildman–Crippen MR) is 119 cm³/mol. The van der Waals surface area contributed by atoms with E-state index in [1.165, 1.54) is 18.2 Å². The Kier molecular flexibility index (Phi) is 9.02. The number of hydrogen-bond acceptors (Lipinski definition) is 4. The molecule has 32 heavy (non-hydrogen) atoms. The minimum atomic E-state index is -1.19. The summed E-state index contributed by atoms with van der Waals surface area (Å²) >= 11 is 5.76. The van der Waals surface area contributed by atoms with Gasteiger partial charge in [0.2, 0.25) is 11.8 Å². The highest BCUT2D eigenvalue weighted by molar-refractivity contribution is 6.30. The van der Waals surface area contributed by atoms with Gasteiger partial charge in [-0.05, 0) is 49.6 Å². The minimum Gasteiger partial charge on any atom is -0.390 e. The number of aliphatic hydroxyl groups is 1. The molecule has 176 valence electrons. The molecule has 0 bridgehead atoms. The number of benzene rings is 1. The maximum Gasteiger partial charge on any atom is 0.246 e. The van der Waals surface area contributed by atoms with Crippen molar-refractivity contribution in [1.29, 1.82) is 0 Å². The lowest BCUT2D eigenvalue weighted by Gasteiger charge is -2.32. The van der Waals surface area contributed by atoms with E-state index in [0.29, 0.717) is 44.7 Å². The monoisotopic (exact) mass is 469 g/mol. The van der Waals surface area contributed by atoms with Crippen molar-refractivity contribution < 1.29 is 23.5 Å². The van der Waals surface area contributed by atoms with E-state index >= 15 is 0 Å². The van der Waals surface area contributed by atoms with Crippen LogP contribution in [0, 0.1) is 5.82 Å². The number of aliphatic hydroxyl groups excluding tert-OH is 1. The fourth-order valence-corrected chi connectivity index (χ4v) is 4.20. The average Bonchev–Trinajstić information content (AvgIpc) is 2.96. The second kappa shape index (κ2) is 11.7. The van der Waals surface area contributed by atoms with Crippen LogP contribution >= 0.6 is 11.6 Å². The number of alkyl halides is 1. The first kappa shape index (κ1) is 24.6. The number of amides is 2. The van der Waals surface area contributed by atoms with Crippen LogP contribution in [0.4, 0.5) is 8.78 Å². The molecule has 1 aromatic carbocycles. The smallest absolute Gasteiger partial charge is 0.246 e. The van der Waals surface area contributed by atoms with Crippen LogP contribution in [0.3, 0.4) is 0 Å². The predicted octanol–water partition coefficient (Wildman–Crippen LogP) is 2.74. The topological polar surface area (TPSA) is 64.1 Å². The lowest BCUT2D eigenvalue weighted by molar-refractivity contribution is -0.130. The van der Waals surface area contributed by atoms with Gasteiger partial charge in [0.05, 0.1) is 11.1 Å². The van der Waals surface area contributed by atoms with Crippen LogP contribution in [-0.2, 0) is 9.59 Å². The average molecular weight is 470 g/mol. The Balaban J connectivity index is 1.41. The number of unbranched alkanes of at least 4 members (excludes halogenated alkanes) is 1. The van der Waals surface area contributed by atoms with Gasteiger partial charge in [0, 0.05) is 51.8 Å². The molecule has 2 heterocycles. The fraction of sp³-hybridized carbons (Fsp3) is 0.565. The zero-order valence-electron chi connectivity index (χ0n) is 18.1. The molecule has 2 amide bonds. The Hall–Kier alpha value is -2.03. The molecular formula is C23H30ClF2N3O3. The molecule has 0 aromatic heterocycles. The van der Waals surface area contributed by atoms with Crippen LogP contribution in [0.5, 0.6) is 0 Å². The Labute approximate surface area is 192 Å². The van der Waals surface area contributed by atoms with Crippen LogP contribution in [-0.4, -0.2) is 89.7 Å². The molecule has 0 saturated carbocycles. The molecule has 9 heteroatoms. The summed E-state index contributed by atoms with van der Waals surface area (Å²) in [5.74, 6) is -0.685. The second-order valence-corrected chi connectivity index (χ2v) is 8.75. The molecule has 0 aliphatic carbocycles. The summed E-state index contributed by atoms with van der Waals surface area (Å²) < 4.78 is 26.9. The fourth-order valence-electron chi connectivity index (χ4n) is 4.01. The molecule has 2 fully saturated rings. The van der Waals surface area contributed by atoms with E-state index in [2.05, 4.69) is 0 Å². The van der Waals surface area contributed by atoms with Crippen molar-refractivity contribution >= 4 is 29.5 Å². The van der Waals surface area contributed by atoms with Crippen LogP contribution < -0.4 is 0 Å². The maximum atomic E-state index is 13.6. The largest absolute Gasteiger partial charge is 0.390 e. The quantitative estimate of drug-likeness (QED) is 0.492. The normalized spacial score (nSPS) is 23.1.